The van der Waals surface area contributed by atoms with Crippen molar-refractivity contribution in [2.75, 3.05) is 6.61 Å². The van der Waals surface area contributed by atoms with Crippen LogP contribution in [0.15, 0.2) is 35.3 Å². The molecule has 10 heteroatoms. The number of carbonyl (C=O) groups excluding carboxylic acids is 2. The fraction of sp³-hybridized carbons (Fsp3) is 0.400. The molecule has 2 amide bonds. The molecular formula is C25H23ClFN3O5. The SMILES string of the molecule is O=C(COc1cc(F)c2c(c1)CN=C2)NC12CC(NC(=O)[C@H]3C[C@@H](O)c4cc(Cl)ccc4O3)(C1)C2. The maximum atomic E-state index is 14.1. The van der Waals surface area contributed by atoms with Gasteiger partial charge in [-0.15, -0.1) is 0 Å². The number of amides is 2. The molecule has 2 heterocycles. The van der Waals surface area contributed by atoms with Gasteiger partial charge in [0.2, 0.25) is 0 Å². The topological polar surface area (TPSA) is 109 Å². The highest BCUT2D eigenvalue weighted by Crippen LogP contribution is 2.60. The van der Waals surface area contributed by atoms with Crippen molar-refractivity contribution in [2.45, 2.75) is 55.5 Å². The fourth-order valence-electron chi connectivity index (χ4n) is 5.70. The minimum absolute atomic E-state index is 0.143. The Morgan fingerprint density at radius 3 is 2.77 bits per heavy atom. The zero-order valence-corrected chi connectivity index (χ0v) is 19.4. The standard InChI is InChI=1S/C25H23ClFN3O5/c26-14-1-2-20-16(4-14)19(31)6-21(35-20)23(33)30-25-10-24(11-25,12-25)29-22(32)9-34-15-3-13-7-28-8-17(13)18(27)5-15/h1-5,8,19,21,31H,6-7,9-12H2,(H,29,32)(H,30,33)/t19-,21-,24?,25?/m1/s1. The summed E-state index contributed by atoms with van der Waals surface area (Å²) in [6, 6.07) is 7.90. The zero-order chi connectivity index (χ0) is 24.4. The Labute approximate surface area is 205 Å². The molecule has 2 atom stereocenters. The molecule has 182 valence electrons. The van der Waals surface area contributed by atoms with Crippen LogP contribution in [0.25, 0.3) is 0 Å². The first kappa shape index (κ1) is 22.3. The van der Waals surface area contributed by atoms with Gasteiger partial charge in [0.25, 0.3) is 11.8 Å². The first-order valence-electron chi connectivity index (χ1n) is 11.5. The van der Waals surface area contributed by atoms with E-state index in [2.05, 4.69) is 15.6 Å². The quantitative estimate of drug-likeness (QED) is 0.566. The fourth-order valence-corrected chi connectivity index (χ4v) is 5.88. The van der Waals surface area contributed by atoms with E-state index in [1.807, 2.05) is 0 Å². The lowest BCUT2D eigenvalue weighted by atomic mass is 9.44. The van der Waals surface area contributed by atoms with E-state index < -0.39 is 18.0 Å². The summed E-state index contributed by atoms with van der Waals surface area (Å²) in [5, 5.41) is 16.9. The van der Waals surface area contributed by atoms with Crippen LogP contribution >= 0.6 is 11.6 Å². The van der Waals surface area contributed by atoms with Crippen molar-refractivity contribution in [1.82, 2.24) is 10.6 Å². The van der Waals surface area contributed by atoms with Crippen molar-refractivity contribution in [3.05, 3.63) is 57.9 Å². The predicted molar refractivity (Wildman–Crippen MR) is 124 cm³/mol. The summed E-state index contributed by atoms with van der Waals surface area (Å²) in [6.07, 6.45) is 1.85. The van der Waals surface area contributed by atoms with Gasteiger partial charge in [0.05, 0.1) is 12.6 Å². The number of fused-ring (bicyclic) bond motifs is 2. The lowest BCUT2D eigenvalue weighted by Gasteiger charge is -2.70. The van der Waals surface area contributed by atoms with Gasteiger partial charge < -0.3 is 25.2 Å². The highest BCUT2D eigenvalue weighted by molar-refractivity contribution is 6.30. The molecular weight excluding hydrogens is 477 g/mol. The Morgan fingerprint density at radius 1 is 1.20 bits per heavy atom. The molecule has 0 aromatic heterocycles. The predicted octanol–water partition coefficient (Wildman–Crippen LogP) is 2.58. The molecule has 0 radical (unpaired) electrons. The molecule has 0 unspecified atom stereocenters. The second-order valence-electron chi connectivity index (χ2n) is 9.90. The largest absolute Gasteiger partial charge is 0.484 e. The Balaban J connectivity index is 0.986. The number of benzene rings is 2. The average molecular weight is 500 g/mol. The summed E-state index contributed by atoms with van der Waals surface area (Å²) >= 11 is 5.98. The van der Waals surface area contributed by atoms with Crippen LogP contribution in [0.3, 0.4) is 0 Å². The van der Waals surface area contributed by atoms with E-state index in [4.69, 9.17) is 21.1 Å². The van der Waals surface area contributed by atoms with Gasteiger partial charge in [-0.3, -0.25) is 14.6 Å². The molecule has 3 aliphatic carbocycles. The van der Waals surface area contributed by atoms with Gasteiger partial charge in [-0.1, -0.05) is 11.6 Å². The van der Waals surface area contributed by atoms with Gasteiger partial charge >= 0.3 is 0 Å². The van der Waals surface area contributed by atoms with Crippen LogP contribution in [-0.2, 0) is 16.1 Å². The molecule has 2 aromatic carbocycles. The van der Waals surface area contributed by atoms with Gasteiger partial charge in [0.15, 0.2) is 12.7 Å². The molecule has 3 fully saturated rings. The van der Waals surface area contributed by atoms with E-state index in [9.17, 15) is 19.1 Å². The van der Waals surface area contributed by atoms with Crippen LogP contribution in [0.1, 0.15) is 48.5 Å². The lowest BCUT2D eigenvalue weighted by molar-refractivity contribution is -0.155. The summed E-state index contributed by atoms with van der Waals surface area (Å²) in [7, 11) is 0. The number of carbonyl (C=O) groups is 2. The monoisotopic (exact) mass is 499 g/mol. The summed E-state index contributed by atoms with van der Waals surface area (Å²) in [5.74, 6) is -0.254. The number of rotatable bonds is 6. The van der Waals surface area contributed by atoms with Gasteiger partial charge in [-0.2, -0.15) is 0 Å². The first-order valence-corrected chi connectivity index (χ1v) is 11.8. The van der Waals surface area contributed by atoms with Crippen molar-refractivity contribution in [3.8, 4) is 11.5 Å². The zero-order valence-electron chi connectivity index (χ0n) is 18.6. The number of hydrogen-bond acceptors (Lipinski definition) is 6. The molecule has 3 N–H and O–H groups in total. The first-order chi connectivity index (χ1) is 16.7. The lowest BCUT2D eigenvalue weighted by Crippen LogP contribution is -2.84. The van der Waals surface area contributed by atoms with E-state index in [1.165, 1.54) is 12.3 Å². The molecule has 2 aliphatic heterocycles. The van der Waals surface area contributed by atoms with Gasteiger partial charge in [-0.25, -0.2) is 4.39 Å². The minimum atomic E-state index is -0.835. The number of nitrogens with zero attached hydrogens (tertiary/aromatic N) is 1. The van der Waals surface area contributed by atoms with Crippen molar-refractivity contribution >= 4 is 29.6 Å². The van der Waals surface area contributed by atoms with Gasteiger partial charge in [0.1, 0.15) is 17.3 Å². The van der Waals surface area contributed by atoms with Gasteiger partial charge in [0, 0.05) is 45.9 Å². The maximum Gasteiger partial charge on any atom is 0.261 e. The third-order valence-corrected chi connectivity index (χ3v) is 7.43. The highest BCUT2D eigenvalue weighted by atomic mass is 35.5. The second-order valence-corrected chi connectivity index (χ2v) is 10.3. The Morgan fingerprint density at radius 2 is 1.97 bits per heavy atom. The molecule has 7 rings (SSSR count). The molecule has 0 saturated heterocycles. The van der Waals surface area contributed by atoms with Crippen molar-refractivity contribution in [3.63, 3.8) is 0 Å². The number of hydrogen-bond donors (Lipinski definition) is 3. The number of aliphatic hydroxyl groups excluding tert-OH is 1. The Bertz CT molecular complexity index is 1260. The normalized spacial score (nSPS) is 29.1. The number of nitrogens with one attached hydrogen (secondary N) is 2. The Hall–Kier alpha value is -3.17. The minimum Gasteiger partial charge on any atom is -0.484 e. The van der Waals surface area contributed by atoms with Crippen LogP contribution in [0.5, 0.6) is 11.5 Å². The van der Waals surface area contributed by atoms with E-state index in [0.717, 1.165) is 5.56 Å². The third kappa shape index (κ3) is 3.92. The summed E-state index contributed by atoms with van der Waals surface area (Å²) < 4.78 is 25.4. The van der Waals surface area contributed by atoms with Gasteiger partial charge in [-0.05, 0) is 49.1 Å². The third-order valence-electron chi connectivity index (χ3n) is 7.19. The average Bonchev–Trinajstić information content (AvgIpc) is 3.25. The van der Waals surface area contributed by atoms with Crippen LogP contribution < -0.4 is 20.1 Å². The van der Waals surface area contributed by atoms with Crippen LogP contribution in [0.2, 0.25) is 5.02 Å². The molecule has 0 spiro atoms. The number of aliphatic hydroxyl groups is 1. The van der Waals surface area contributed by atoms with Crippen LogP contribution in [0.4, 0.5) is 4.39 Å². The number of halogens is 2. The molecule has 35 heavy (non-hydrogen) atoms. The van der Waals surface area contributed by atoms with Crippen molar-refractivity contribution < 1.29 is 28.6 Å². The number of ether oxygens (including phenoxy) is 2. The van der Waals surface area contributed by atoms with Crippen LogP contribution in [0, 0.1) is 5.82 Å². The maximum absolute atomic E-state index is 14.1. The van der Waals surface area contributed by atoms with Crippen LogP contribution in [-0.4, -0.2) is 46.9 Å². The Kier molecular flexibility index (Phi) is 5.05. The van der Waals surface area contributed by atoms with Crippen molar-refractivity contribution in [2.24, 2.45) is 4.99 Å². The summed E-state index contributed by atoms with van der Waals surface area (Å²) in [6.45, 7) is 0.176. The van der Waals surface area contributed by atoms with E-state index in [-0.39, 0.29) is 35.9 Å². The molecule has 2 bridgehead atoms. The molecule has 2 aromatic rings. The second kappa shape index (κ2) is 7.93. The highest BCUT2D eigenvalue weighted by Gasteiger charge is 2.69. The summed E-state index contributed by atoms with van der Waals surface area (Å²) in [4.78, 5) is 29.3. The summed E-state index contributed by atoms with van der Waals surface area (Å²) in [5.41, 5.74) is 1.04. The molecule has 5 aliphatic rings. The van der Waals surface area contributed by atoms with E-state index in [1.54, 1.807) is 24.3 Å². The van der Waals surface area contributed by atoms with E-state index >= 15 is 0 Å². The number of aliphatic imine (C=N–C) groups is 1. The van der Waals surface area contributed by atoms with Crippen molar-refractivity contribution in [1.29, 1.82) is 0 Å². The van der Waals surface area contributed by atoms with E-state index in [0.29, 0.717) is 53.5 Å². The smallest absolute Gasteiger partial charge is 0.261 e. The molecule has 3 saturated carbocycles. The molecule has 8 nitrogen and oxygen atoms in total.